The van der Waals surface area contributed by atoms with Crippen LogP contribution in [-0.4, -0.2) is 24.4 Å². The Labute approximate surface area is 125 Å². The second-order valence-electron chi connectivity index (χ2n) is 6.08. The highest BCUT2D eigenvalue weighted by Crippen LogP contribution is 2.25. The molecule has 1 heterocycles. The molecule has 2 aliphatic rings. The van der Waals surface area contributed by atoms with Gasteiger partial charge in [-0.05, 0) is 25.0 Å². The molecule has 21 heavy (non-hydrogen) atoms. The average Bonchev–Trinajstić information content (AvgIpc) is 2.91. The summed E-state index contributed by atoms with van der Waals surface area (Å²) in [5, 5.41) is 3.14. The molecule has 1 aliphatic heterocycles. The fourth-order valence-corrected chi connectivity index (χ4v) is 3.31. The van der Waals surface area contributed by atoms with Crippen molar-refractivity contribution in [1.29, 1.82) is 0 Å². The minimum atomic E-state index is -0.209. The number of rotatable bonds is 3. The molecule has 1 N–H and O–H groups in total. The lowest BCUT2D eigenvalue weighted by atomic mass is 9.95. The van der Waals surface area contributed by atoms with Crippen LogP contribution in [-0.2, 0) is 9.59 Å². The summed E-state index contributed by atoms with van der Waals surface area (Å²) in [5.41, 5.74) is 0.885. The molecule has 0 bridgehead atoms. The number of nitrogens with zero attached hydrogens (tertiary/aromatic N) is 1. The van der Waals surface area contributed by atoms with Gasteiger partial charge in [-0.2, -0.15) is 0 Å². The van der Waals surface area contributed by atoms with Crippen LogP contribution in [0.5, 0.6) is 0 Å². The molecule has 0 radical (unpaired) electrons. The summed E-state index contributed by atoms with van der Waals surface area (Å²) in [6.07, 6.45) is 6.16. The smallest absolute Gasteiger partial charge is 0.227 e. The molecule has 1 aromatic carbocycles. The molecule has 0 unspecified atom stereocenters. The molecule has 0 spiro atoms. The zero-order valence-electron chi connectivity index (χ0n) is 12.3. The first-order valence-corrected chi connectivity index (χ1v) is 7.90. The summed E-state index contributed by atoms with van der Waals surface area (Å²) >= 11 is 0. The normalized spacial score (nSPS) is 23.3. The van der Waals surface area contributed by atoms with Gasteiger partial charge in [0.2, 0.25) is 11.8 Å². The van der Waals surface area contributed by atoms with E-state index in [0.717, 1.165) is 18.5 Å². The Balaban J connectivity index is 1.60. The van der Waals surface area contributed by atoms with Crippen molar-refractivity contribution in [3.63, 3.8) is 0 Å². The molecule has 1 saturated heterocycles. The van der Waals surface area contributed by atoms with Crippen molar-refractivity contribution in [2.45, 2.75) is 44.6 Å². The fourth-order valence-electron chi connectivity index (χ4n) is 3.31. The zero-order chi connectivity index (χ0) is 14.7. The van der Waals surface area contributed by atoms with E-state index in [0.29, 0.717) is 19.0 Å². The van der Waals surface area contributed by atoms with E-state index in [1.165, 1.54) is 19.3 Å². The van der Waals surface area contributed by atoms with Crippen molar-refractivity contribution < 1.29 is 9.59 Å². The van der Waals surface area contributed by atoms with Gasteiger partial charge in [0.25, 0.3) is 0 Å². The van der Waals surface area contributed by atoms with Crippen molar-refractivity contribution in [2.24, 2.45) is 5.92 Å². The monoisotopic (exact) mass is 286 g/mol. The second-order valence-corrected chi connectivity index (χ2v) is 6.08. The van der Waals surface area contributed by atoms with Crippen LogP contribution in [0.3, 0.4) is 0 Å². The Morgan fingerprint density at radius 2 is 1.81 bits per heavy atom. The number of hydrogen-bond acceptors (Lipinski definition) is 2. The highest BCUT2D eigenvalue weighted by molar-refractivity contribution is 6.00. The summed E-state index contributed by atoms with van der Waals surface area (Å²) in [4.78, 5) is 26.2. The van der Waals surface area contributed by atoms with Crippen molar-refractivity contribution in [3.8, 4) is 0 Å². The Morgan fingerprint density at radius 3 is 2.52 bits per heavy atom. The highest BCUT2D eigenvalue weighted by Gasteiger charge is 2.35. The van der Waals surface area contributed by atoms with Gasteiger partial charge < -0.3 is 10.2 Å². The molecular weight excluding hydrogens is 264 g/mol. The number of hydrogen-bond donors (Lipinski definition) is 1. The van der Waals surface area contributed by atoms with Gasteiger partial charge in [-0.15, -0.1) is 0 Å². The second kappa shape index (κ2) is 6.29. The van der Waals surface area contributed by atoms with Gasteiger partial charge >= 0.3 is 0 Å². The summed E-state index contributed by atoms with van der Waals surface area (Å²) < 4.78 is 0. The average molecular weight is 286 g/mol. The standard InChI is InChI=1S/C17H22N2O2/c20-16-11-13(12-19(16)15-9-5-2-6-10-15)17(21)18-14-7-3-1-4-8-14/h2,5-6,9-10,13-14H,1,3-4,7-8,11-12H2,(H,18,21)/t13-/m0/s1. The van der Waals surface area contributed by atoms with Crippen molar-refractivity contribution in [2.75, 3.05) is 11.4 Å². The van der Waals surface area contributed by atoms with Crippen LogP contribution in [0, 0.1) is 5.92 Å². The first-order valence-electron chi connectivity index (χ1n) is 7.90. The number of benzene rings is 1. The van der Waals surface area contributed by atoms with Gasteiger partial charge in [-0.3, -0.25) is 9.59 Å². The third-order valence-electron chi connectivity index (χ3n) is 4.52. The van der Waals surface area contributed by atoms with Crippen molar-refractivity contribution in [3.05, 3.63) is 30.3 Å². The largest absolute Gasteiger partial charge is 0.353 e. The summed E-state index contributed by atoms with van der Waals surface area (Å²) in [6.45, 7) is 0.501. The molecule has 4 nitrogen and oxygen atoms in total. The molecule has 1 saturated carbocycles. The first-order chi connectivity index (χ1) is 10.2. The van der Waals surface area contributed by atoms with Crippen LogP contribution in [0.4, 0.5) is 5.69 Å². The number of para-hydroxylation sites is 1. The van der Waals surface area contributed by atoms with Crippen molar-refractivity contribution >= 4 is 17.5 Å². The first kappa shape index (κ1) is 14.1. The minimum Gasteiger partial charge on any atom is -0.353 e. The van der Waals surface area contributed by atoms with Gasteiger partial charge in [-0.1, -0.05) is 37.5 Å². The van der Waals surface area contributed by atoms with Gasteiger partial charge in [0.15, 0.2) is 0 Å². The van der Waals surface area contributed by atoms with E-state index in [4.69, 9.17) is 0 Å². The number of nitrogens with one attached hydrogen (secondary N) is 1. The lowest BCUT2D eigenvalue weighted by molar-refractivity contribution is -0.127. The summed E-state index contributed by atoms with van der Waals surface area (Å²) in [7, 11) is 0. The van der Waals surface area contributed by atoms with E-state index in [1.54, 1.807) is 4.90 Å². The summed E-state index contributed by atoms with van der Waals surface area (Å²) in [5.74, 6) is -0.113. The topological polar surface area (TPSA) is 49.4 Å². The molecular formula is C17H22N2O2. The molecule has 1 aliphatic carbocycles. The zero-order valence-corrected chi connectivity index (χ0v) is 12.3. The predicted molar refractivity (Wildman–Crippen MR) is 81.9 cm³/mol. The molecule has 0 aromatic heterocycles. The Bertz CT molecular complexity index is 509. The molecule has 1 atom stereocenters. The fraction of sp³-hybridized carbons (Fsp3) is 0.529. The Hall–Kier alpha value is -1.84. The van der Waals surface area contributed by atoms with E-state index in [2.05, 4.69) is 5.32 Å². The highest BCUT2D eigenvalue weighted by atomic mass is 16.2. The molecule has 3 rings (SSSR count). The lowest BCUT2D eigenvalue weighted by Gasteiger charge is -2.24. The van der Waals surface area contributed by atoms with E-state index in [1.807, 2.05) is 30.3 Å². The molecule has 2 fully saturated rings. The van der Waals surface area contributed by atoms with Gasteiger partial charge in [0, 0.05) is 24.7 Å². The number of anilines is 1. The van der Waals surface area contributed by atoms with Gasteiger partial charge in [-0.25, -0.2) is 0 Å². The number of carbonyl (C=O) groups excluding carboxylic acids is 2. The van der Waals surface area contributed by atoms with E-state index >= 15 is 0 Å². The Kier molecular flexibility index (Phi) is 4.23. The SMILES string of the molecule is O=C(NC1CCCCC1)[C@H]1CC(=O)N(c2ccccc2)C1. The molecule has 4 heteroatoms. The maximum Gasteiger partial charge on any atom is 0.227 e. The minimum absolute atomic E-state index is 0.0463. The molecule has 112 valence electrons. The summed E-state index contributed by atoms with van der Waals surface area (Å²) in [6, 6.07) is 9.90. The van der Waals surface area contributed by atoms with E-state index < -0.39 is 0 Å². The van der Waals surface area contributed by atoms with Crippen LogP contribution in [0.15, 0.2) is 30.3 Å². The third kappa shape index (κ3) is 3.26. The van der Waals surface area contributed by atoms with Crippen molar-refractivity contribution in [1.82, 2.24) is 5.32 Å². The Morgan fingerprint density at radius 1 is 1.10 bits per heavy atom. The van der Waals surface area contributed by atoms with Crippen LogP contribution in [0.25, 0.3) is 0 Å². The van der Waals surface area contributed by atoms with E-state index in [9.17, 15) is 9.59 Å². The predicted octanol–water partition coefficient (Wildman–Crippen LogP) is 2.49. The number of amides is 2. The van der Waals surface area contributed by atoms with Crippen LogP contribution >= 0.6 is 0 Å². The molecule has 1 aromatic rings. The van der Waals surface area contributed by atoms with Crippen LogP contribution < -0.4 is 10.2 Å². The van der Waals surface area contributed by atoms with E-state index in [-0.39, 0.29) is 17.7 Å². The maximum absolute atomic E-state index is 12.3. The quantitative estimate of drug-likeness (QED) is 0.928. The maximum atomic E-state index is 12.3. The molecule has 2 amide bonds. The lowest BCUT2D eigenvalue weighted by Crippen LogP contribution is -2.40. The number of carbonyl (C=O) groups is 2. The van der Waals surface area contributed by atoms with Crippen LogP contribution in [0.1, 0.15) is 38.5 Å². The van der Waals surface area contributed by atoms with Gasteiger partial charge in [0.1, 0.15) is 0 Å². The van der Waals surface area contributed by atoms with Gasteiger partial charge in [0.05, 0.1) is 5.92 Å². The van der Waals surface area contributed by atoms with Crippen LogP contribution in [0.2, 0.25) is 0 Å². The third-order valence-corrected chi connectivity index (χ3v) is 4.52.